The van der Waals surface area contributed by atoms with Crippen molar-refractivity contribution in [3.63, 3.8) is 0 Å². The van der Waals surface area contributed by atoms with Crippen LogP contribution in [0.5, 0.6) is 0 Å². The lowest BCUT2D eigenvalue weighted by Gasteiger charge is -2.05. The van der Waals surface area contributed by atoms with E-state index in [1.165, 1.54) is 31.8 Å². The Morgan fingerprint density at radius 1 is 1.14 bits per heavy atom. The fourth-order valence-corrected chi connectivity index (χ4v) is 2.31. The minimum atomic E-state index is -0.463. The van der Waals surface area contributed by atoms with Crippen molar-refractivity contribution in [1.29, 1.82) is 0 Å². The molecule has 1 atom stereocenters. The summed E-state index contributed by atoms with van der Waals surface area (Å²) in [6.07, 6.45) is 17.8. The van der Waals surface area contributed by atoms with Crippen molar-refractivity contribution in [2.24, 2.45) is 0 Å². The lowest BCUT2D eigenvalue weighted by Crippen LogP contribution is -2.36. The zero-order valence-corrected chi connectivity index (χ0v) is 13.7. The number of rotatable bonds is 11. The number of allylic oxidation sites excluding steroid dienone is 3. The van der Waals surface area contributed by atoms with Crippen LogP contribution in [0.15, 0.2) is 24.3 Å². The van der Waals surface area contributed by atoms with Gasteiger partial charge < -0.3 is 10.1 Å². The molecule has 0 aliphatic carbocycles. The van der Waals surface area contributed by atoms with Crippen molar-refractivity contribution in [2.75, 3.05) is 6.61 Å². The number of unbranched alkanes of at least 4 members (excludes halogenated alkanes) is 6. The van der Waals surface area contributed by atoms with E-state index in [0.717, 1.165) is 25.7 Å². The molecule has 1 fully saturated rings. The van der Waals surface area contributed by atoms with E-state index in [2.05, 4.69) is 24.4 Å². The Bertz CT molecular complexity index is 388. The molecule has 1 amide bonds. The Morgan fingerprint density at radius 3 is 2.36 bits per heavy atom. The average molecular weight is 307 g/mol. The molecular weight excluding hydrogens is 278 g/mol. The van der Waals surface area contributed by atoms with E-state index in [9.17, 15) is 9.59 Å². The number of carbonyl (C=O) groups excluding carboxylic acids is 2. The van der Waals surface area contributed by atoms with Crippen LogP contribution in [0.1, 0.15) is 64.7 Å². The quantitative estimate of drug-likeness (QED) is 0.274. The fraction of sp³-hybridized carbons (Fsp3) is 0.667. The number of ether oxygens (including phenoxy) is 1. The molecule has 1 N–H and O–H groups in total. The highest BCUT2D eigenvalue weighted by Crippen LogP contribution is 2.06. The third-order valence-electron chi connectivity index (χ3n) is 3.65. The maximum absolute atomic E-state index is 11.6. The molecule has 0 radical (unpaired) electrons. The van der Waals surface area contributed by atoms with Crippen molar-refractivity contribution in [3.8, 4) is 0 Å². The summed E-state index contributed by atoms with van der Waals surface area (Å²) in [4.78, 5) is 22.8. The van der Waals surface area contributed by atoms with Gasteiger partial charge in [0.1, 0.15) is 6.04 Å². The highest BCUT2D eigenvalue weighted by molar-refractivity contribution is 5.91. The van der Waals surface area contributed by atoms with Crippen LogP contribution < -0.4 is 5.32 Å². The van der Waals surface area contributed by atoms with Gasteiger partial charge in [0.2, 0.25) is 5.91 Å². The van der Waals surface area contributed by atoms with Crippen LogP contribution in [-0.2, 0) is 14.3 Å². The molecule has 0 aromatic carbocycles. The van der Waals surface area contributed by atoms with Gasteiger partial charge in [0, 0.05) is 6.42 Å². The molecule has 22 heavy (non-hydrogen) atoms. The smallest absolute Gasteiger partial charge is 0.328 e. The summed E-state index contributed by atoms with van der Waals surface area (Å²) in [5, 5.41) is 2.65. The largest absolute Gasteiger partial charge is 0.464 e. The van der Waals surface area contributed by atoms with E-state index in [4.69, 9.17) is 4.74 Å². The molecule has 0 aromatic rings. The number of esters is 1. The third-order valence-corrected chi connectivity index (χ3v) is 3.65. The molecule has 0 aromatic heterocycles. The average Bonchev–Trinajstić information content (AvgIpc) is 2.90. The lowest BCUT2D eigenvalue weighted by atomic mass is 10.1. The molecule has 1 aliphatic heterocycles. The maximum atomic E-state index is 11.6. The second-order valence-electron chi connectivity index (χ2n) is 5.67. The number of hydrogen-bond acceptors (Lipinski definition) is 3. The molecule has 0 bridgehead atoms. The van der Waals surface area contributed by atoms with E-state index in [-0.39, 0.29) is 11.9 Å². The highest BCUT2D eigenvalue weighted by atomic mass is 16.5. The van der Waals surface area contributed by atoms with Gasteiger partial charge in [-0.25, -0.2) is 4.79 Å². The van der Waals surface area contributed by atoms with Crippen LogP contribution in [0, 0.1) is 0 Å². The first-order valence-corrected chi connectivity index (χ1v) is 8.52. The van der Waals surface area contributed by atoms with Crippen LogP contribution in [0.4, 0.5) is 0 Å². The summed E-state index contributed by atoms with van der Waals surface area (Å²) in [5.41, 5.74) is 0. The number of nitrogens with one attached hydrogen (secondary N) is 1. The van der Waals surface area contributed by atoms with Gasteiger partial charge in [-0.15, -0.1) is 0 Å². The minimum Gasteiger partial charge on any atom is -0.464 e. The molecule has 0 saturated carbocycles. The van der Waals surface area contributed by atoms with E-state index in [1.807, 2.05) is 6.08 Å². The van der Waals surface area contributed by atoms with Gasteiger partial charge in [-0.3, -0.25) is 4.79 Å². The van der Waals surface area contributed by atoms with Crippen molar-refractivity contribution in [1.82, 2.24) is 5.32 Å². The van der Waals surface area contributed by atoms with Gasteiger partial charge in [0.15, 0.2) is 0 Å². The third kappa shape index (κ3) is 8.65. The van der Waals surface area contributed by atoms with Gasteiger partial charge in [-0.2, -0.15) is 0 Å². The Hall–Kier alpha value is -1.58. The van der Waals surface area contributed by atoms with Crippen LogP contribution in [0.25, 0.3) is 0 Å². The Kier molecular flexibility index (Phi) is 10.1. The first-order valence-electron chi connectivity index (χ1n) is 8.52. The molecule has 1 heterocycles. The van der Waals surface area contributed by atoms with E-state index in [1.54, 1.807) is 0 Å². The molecule has 124 valence electrons. The van der Waals surface area contributed by atoms with Crippen LogP contribution in [0.3, 0.4) is 0 Å². The molecule has 0 spiro atoms. The zero-order chi connectivity index (χ0) is 16.0. The first kappa shape index (κ1) is 18.5. The van der Waals surface area contributed by atoms with Crippen molar-refractivity contribution >= 4 is 11.9 Å². The predicted molar refractivity (Wildman–Crippen MR) is 88.4 cm³/mol. The predicted octanol–water partition coefficient (Wildman–Crippen LogP) is 3.67. The van der Waals surface area contributed by atoms with Gasteiger partial charge in [0.05, 0.1) is 6.61 Å². The highest BCUT2D eigenvalue weighted by Gasteiger charge is 2.26. The van der Waals surface area contributed by atoms with Crippen LogP contribution in [-0.4, -0.2) is 24.5 Å². The van der Waals surface area contributed by atoms with Gasteiger partial charge in [-0.1, -0.05) is 38.0 Å². The van der Waals surface area contributed by atoms with Gasteiger partial charge in [0.25, 0.3) is 0 Å². The van der Waals surface area contributed by atoms with E-state index >= 15 is 0 Å². The molecule has 4 nitrogen and oxygen atoms in total. The zero-order valence-electron chi connectivity index (χ0n) is 13.7. The summed E-state index contributed by atoms with van der Waals surface area (Å²) in [6, 6.07) is -0.463. The second kappa shape index (κ2) is 12.0. The first-order chi connectivity index (χ1) is 10.7. The number of hydrogen-bond donors (Lipinski definition) is 1. The summed E-state index contributed by atoms with van der Waals surface area (Å²) in [5.74, 6) is -0.535. The lowest BCUT2D eigenvalue weighted by molar-refractivity contribution is -0.140. The summed E-state index contributed by atoms with van der Waals surface area (Å²) >= 11 is 0. The fourth-order valence-electron chi connectivity index (χ4n) is 2.31. The monoisotopic (exact) mass is 307 g/mol. The minimum absolute atomic E-state index is 0.209. The van der Waals surface area contributed by atoms with E-state index < -0.39 is 6.04 Å². The summed E-state index contributed by atoms with van der Waals surface area (Å²) in [6.45, 7) is 2.62. The molecular formula is C18H29NO3. The Balaban J connectivity index is 1.97. The van der Waals surface area contributed by atoms with Crippen LogP contribution >= 0.6 is 0 Å². The SMILES string of the molecule is CCCCC/C=C\CCCC/C=C\C(=O)N[C@@H]1CCOC1=O. The Labute approximate surface area is 134 Å². The number of carbonyl (C=O) groups is 2. The van der Waals surface area contributed by atoms with Gasteiger partial charge >= 0.3 is 5.97 Å². The summed E-state index contributed by atoms with van der Waals surface area (Å²) in [7, 11) is 0. The maximum Gasteiger partial charge on any atom is 0.328 e. The molecule has 0 unspecified atom stereocenters. The normalized spacial score (nSPS) is 18.2. The van der Waals surface area contributed by atoms with Crippen molar-refractivity contribution in [3.05, 3.63) is 24.3 Å². The summed E-state index contributed by atoms with van der Waals surface area (Å²) < 4.78 is 4.79. The number of cyclic esters (lactones) is 1. The molecule has 1 aliphatic rings. The van der Waals surface area contributed by atoms with Crippen molar-refractivity contribution in [2.45, 2.75) is 70.8 Å². The van der Waals surface area contributed by atoms with Crippen LogP contribution in [0.2, 0.25) is 0 Å². The Morgan fingerprint density at radius 2 is 1.77 bits per heavy atom. The molecule has 1 rings (SSSR count). The van der Waals surface area contributed by atoms with Crippen molar-refractivity contribution < 1.29 is 14.3 Å². The molecule has 4 heteroatoms. The standard InChI is InChI=1S/C18H29NO3/c1-2-3-4-5-6-7-8-9-10-11-12-13-17(20)19-16-14-15-22-18(16)21/h6-7,12-13,16H,2-5,8-11,14-15H2,1H3,(H,19,20)/b7-6-,13-12-/t16-/m1/s1. The number of amides is 1. The topological polar surface area (TPSA) is 55.4 Å². The molecule has 1 saturated heterocycles. The second-order valence-corrected chi connectivity index (χ2v) is 5.67. The van der Waals surface area contributed by atoms with Gasteiger partial charge in [-0.05, 0) is 44.6 Å². The van der Waals surface area contributed by atoms with E-state index in [0.29, 0.717) is 13.0 Å².